The van der Waals surface area contributed by atoms with Crippen LogP contribution in [-0.4, -0.2) is 36.0 Å². The summed E-state index contributed by atoms with van der Waals surface area (Å²) in [6.07, 6.45) is 3.25. The normalized spacial score (nSPS) is 28.7. The van der Waals surface area contributed by atoms with Gasteiger partial charge < -0.3 is 9.64 Å². The lowest BCUT2D eigenvalue weighted by Gasteiger charge is -2.39. The summed E-state index contributed by atoms with van der Waals surface area (Å²) in [5.41, 5.74) is 1.38. The first-order valence-corrected chi connectivity index (χ1v) is 9.08. The minimum Gasteiger partial charge on any atom is -0.451 e. The van der Waals surface area contributed by atoms with Gasteiger partial charge in [-0.25, -0.2) is 4.79 Å². The zero-order valence-corrected chi connectivity index (χ0v) is 15.2. The molecule has 4 nitrogen and oxygen atoms in total. The monoisotopic (exact) mass is 335 g/mol. The van der Waals surface area contributed by atoms with Gasteiger partial charge in [-0.15, -0.1) is 11.3 Å². The van der Waals surface area contributed by atoms with Crippen molar-refractivity contribution in [1.29, 1.82) is 0 Å². The van der Waals surface area contributed by atoms with Gasteiger partial charge in [0.2, 0.25) is 0 Å². The van der Waals surface area contributed by atoms with Crippen molar-refractivity contribution in [2.45, 2.75) is 53.0 Å². The zero-order valence-electron chi connectivity index (χ0n) is 14.3. The number of rotatable bonds is 3. The number of thiophene rings is 1. The van der Waals surface area contributed by atoms with E-state index >= 15 is 0 Å². The van der Waals surface area contributed by atoms with Gasteiger partial charge in [-0.1, -0.05) is 20.8 Å². The molecule has 2 aliphatic rings. The van der Waals surface area contributed by atoms with Gasteiger partial charge in [0.15, 0.2) is 6.61 Å². The van der Waals surface area contributed by atoms with Crippen LogP contribution >= 0.6 is 11.3 Å². The van der Waals surface area contributed by atoms with Crippen molar-refractivity contribution in [2.75, 3.05) is 13.2 Å². The van der Waals surface area contributed by atoms with Crippen LogP contribution in [0.15, 0.2) is 11.4 Å². The summed E-state index contributed by atoms with van der Waals surface area (Å²) in [6.45, 7) is 9.35. The molecule has 1 saturated heterocycles. The van der Waals surface area contributed by atoms with Gasteiger partial charge in [-0.3, -0.25) is 4.79 Å². The lowest BCUT2D eigenvalue weighted by molar-refractivity contribution is -0.135. The van der Waals surface area contributed by atoms with E-state index in [1.165, 1.54) is 11.3 Å². The van der Waals surface area contributed by atoms with Gasteiger partial charge >= 0.3 is 5.97 Å². The Balaban J connectivity index is 1.61. The van der Waals surface area contributed by atoms with Crippen LogP contribution in [0.25, 0.3) is 0 Å². The highest BCUT2D eigenvalue weighted by atomic mass is 32.1. The van der Waals surface area contributed by atoms with E-state index in [0.717, 1.165) is 31.4 Å². The van der Waals surface area contributed by atoms with E-state index in [1.54, 1.807) is 0 Å². The van der Waals surface area contributed by atoms with Crippen molar-refractivity contribution in [1.82, 2.24) is 4.90 Å². The topological polar surface area (TPSA) is 46.6 Å². The number of nitrogens with zero attached hydrogens (tertiary/aromatic N) is 1. The summed E-state index contributed by atoms with van der Waals surface area (Å²) < 4.78 is 5.26. The third-order valence-electron chi connectivity index (χ3n) is 5.11. The van der Waals surface area contributed by atoms with E-state index in [2.05, 4.69) is 20.8 Å². The molecule has 2 unspecified atom stereocenters. The first-order valence-electron chi connectivity index (χ1n) is 8.20. The lowest BCUT2D eigenvalue weighted by Crippen LogP contribution is -2.39. The van der Waals surface area contributed by atoms with Gasteiger partial charge in [-0.05, 0) is 54.0 Å². The maximum Gasteiger partial charge on any atom is 0.349 e. The number of carbonyl (C=O) groups is 2. The van der Waals surface area contributed by atoms with Gasteiger partial charge in [0.05, 0.1) is 0 Å². The molecular weight excluding hydrogens is 310 g/mol. The summed E-state index contributed by atoms with van der Waals surface area (Å²) in [4.78, 5) is 27.1. The molecule has 1 aromatic rings. The quantitative estimate of drug-likeness (QED) is 0.792. The van der Waals surface area contributed by atoms with Crippen molar-refractivity contribution in [3.63, 3.8) is 0 Å². The van der Waals surface area contributed by atoms with Crippen molar-refractivity contribution in [3.8, 4) is 0 Å². The Morgan fingerprint density at radius 3 is 2.74 bits per heavy atom. The van der Waals surface area contributed by atoms with Crippen LogP contribution < -0.4 is 0 Å². The SMILES string of the molecule is Cc1ccsc1C(=O)OCC(=O)N1CC2(C)CC1CC(C)(C)C2. The Morgan fingerprint density at radius 2 is 2.09 bits per heavy atom. The molecule has 1 aliphatic heterocycles. The maximum absolute atomic E-state index is 12.6. The Labute approximate surface area is 141 Å². The molecule has 1 aromatic heterocycles. The average molecular weight is 335 g/mol. The fourth-order valence-corrected chi connectivity index (χ4v) is 5.43. The summed E-state index contributed by atoms with van der Waals surface area (Å²) in [7, 11) is 0. The summed E-state index contributed by atoms with van der Waals surface area (Å²) >= 11 is 1.36. The van der Waals surface area contributed by atoms with Crippen LogP contribution in [0.5, 0.6) is 0 Å². The standard InChI is InChI=1S/C18H25NO3S/c1-12-5-6-23-15(12)16(21)22-9-14(20)19-11-18(4)8-13(19)7-17(2,3)10-18/h5-6,13H,7-11H2,1-4H3. The molecule has 2 bridgehead atoms. The maximum atomic E-state index is 12.6. The third-order valence-corrected chi connectivity index (χ3v) is 6.11. The number of hydrogen-bond donors (Lipinski definition) is 0. The number of aryl methyl sites for hydroxylation is 1. The Morgan fingerprint density at radius 1 is 1.35 bits per heavy atom. The van der Waals surface area contributed by atoms with Crippen molar-refractivity contribution < 1.29 is 14.3 Å². The highest BCUT2D eigenvalue weighted by molar-refractivity contribution is 7.12. The summed E-state index contributed by atoms with van der Waals surface area (Å²) in [6, 6.07) is 2.17. The van der Waals surface area contributed by atoms with Crippen LogP contribution in [0.2, 0.25) is 0 Å². The lowest BCUT2D eigenvalue weighted by atomic mass is 9.65. The van der Waals surface area contributed by atoms with Crippen LogP contribution in [0.1, 0.15) is 55.3 Å². The van der Waals surface area contributed by atoms with Gasteiger partial charge in [0, 0.05) is 12.6 Å². The molecule has 1 aliphatic carbocycles. The molecular formula is C18H25NO3S. The number of likely N-dealkylation sites (tertiary alicyclic amines) is 1. The minimum atomic E-state index is -0.389. The van der Waals surface area contributed by atoms with E-state index in [0.29, 0.717) is 10.9 Å². The highest BCUT2D eigenvalue weighted by Crippen LogP contribution is 2.52. The number of hydrogen-bond acceptors (Lipinski definition) is 4. The summed E-state index contributed by atoms with van der Waals surface area (Å²) in [5, 5.41) is 1.86. The second-order valence-corrected chi connectivity index (χ2v) is 9.16. The number of fused-ring (bicyclic) bond motifs is 2. The van der Waals surface area contributed by atoms with E-state index in [-0.39, 0.29) is 29.3 Å². The molecule has 0 aromatic carbocycles. The highest BCUT2D eigenvalue weighted by Gasteiger charge is 2.50. The first kappa shape index (κ1) is 16.5. The fraction of sp³-hybridized carbons (Fsp3) is 0.667. The number of carbonyl (C=O) groups excluding carboxylic acids is 2. The smallest absolute Gasteiger partial charge is 0.349 e. The average Bonchev–Trinajstić information content (AvgIpc) is 2.95. The Hall–Kier alpha value is -1.36. The predicted molar refractivity (Wildman–Crippen MR) is 90.6 cm³/mol. The number of amides is 1. The second-order valence-electron chi connectivity index (χ2n) is 8.24. The largest absolute Gasteiger partial charge is 0.451 e. The van der Waals surface area contributed by atoms with Crippen molar-refractivity contribution in [2.24, 2.45) is 10.8 Å². The zero-order chi connectivity index (χ0) is 16.8. The number of ether oxygens (including phenoxy) is 1. The Bertz CT molecular complexity index is 636. The fourth-order valence-electron chi connectivity index (χ4n) is 4.61. The molecule has 0 N–H and O–H groups in total. The molecule has 126 valence electrons. The van der Waals surface area contributed by atoms with E-state index in [9.17, 15) is 9.59 Å². The minimum absolute atomic E-state index is 0.0565. The predicted octanol–water partition coefficient (Wildman–Crippen LogP) is 3.64. The molecule has 2 fully saturated rings. The third kappa shape index (κ3) is 3.30. The molecule has 23 heavy (non-hydrogen) atoms. The van der Waals surface area contributed by atoms with E-state index < -0.39 is 0 Å². The second kappa shape index (κ2) is 5.62. The van der Waals surface area contributed by atoms with Crippen molar-refractivity contribution >= 4 is 23.2 Å². The molecule has 2 heterocycles. The molecule has 1 saturated carbocycles. The van der Waals surface area contributed by atoms with Gasteiger partial charge in [-0.2, -0.15) is 0 Å². The molecule has 0 spiro atoms. The first-order chi connectivity index (χ1) is 10.7. The van der Waals surface area contributed by atoms with E-state index in [1.807, 2.05) is 23.3 Å². The van der Waals surface area contributed by atoms with Crippen LogP contribution in [0.3, 0.4) is 0 Å². The van der Waals surface area contributed by atoms with Crippen LogP contribution in [-0.2, 0) is 9.53 Å². The summed E-state index contributed by atoms with van der Waals surface area (Å²) in [5.74, 6) is -0.446. The van der Waals surface area contributed by atoms with Crippen LogP contribution in [0.4, 0.5) is 0 Å². The van der Waals surface area contributed by atoms with Gasteiger partial charge in [0.25, 0.3) is 5.91 Å². The Kier molecular flexibility index (Phi) is 4.03. The molecule has 5 heteroatoms. The number of esters is 1. The molecule has 3 rings (SSSR count). The van der Waals surface area contributed by atoms with Crippen molar-refractivity contribution in [3.05, 3.63) is 21.9 Å². The van der Waals surface area contributed by atoms with Gasteiger partial charge in [0.1, 0.15) is 4.88 Å². The molecule has 2 atom stereocenters. The van der Waals surface area contributed by atoms with E-state index in [4.69, 9.17) is 4.74 Å². The molecule has 1 amide bonds. The van der Waals surface area contributed by atoms with Crippen LogP contribution in [0, 0.1) is 17.8 Å². The molecule has 0 radical (unpaired) electrons.